The van der Waals surface area contributed by atoms with Gasteiger partial charge in [-0.25, -0.2) is 0 Å². The van der Waals surface area contributed by atoms with E-state index in [0.717, 1.165) is 5.69 Å². The molecule has 0 amide bonds. The molecule has 1 aromatic rings. The molecule has 3 rings (SSSR count). The molecule has 0 unspecified atom stereocenters. The predicted molar refractivity (Wildman–Crippen MR) is 73.8 cm³/mol. The molecule has 1 heterocycles. The van der Waals surface area contributed by atoms with Crippen LogP contribution >= 0.6 is 0 Å². The van der Waals surface area contributed by atoms with Crippen LogP contribution in [-0.2, 0) is 10.8 Å². The van der Waals surface area contributed by atoms with Crippen LogP contribution in [0, 0.1) is 5.41 Å². The van der Waals surface area contributed by atoms with Gasteiger partial charge in [0.1, 0.15) is 0 Å². The molecular weight excluding hydrogens is 220 g/mol. The maximum atomic E-state index is 4.63. The summed E-state index contributed by atoms with van der Waals surface area (Å²) in [5, 5.41) is 9.13. The zero-order valence-corrected chi connectivity index (χ0v) is 12.5. The summed E-state index contributed by atoms with van der Waals surface area (Å²) < 4.78 is 0. The van der Waals surface area contributed by atoms with Gasteiger partial charge in [-0.1, -0.05) is 41.5 Å². The molecule has 2 heteroatoms. The topological polar surface area (TPSA) is 25.8 Å². The molecule has 18 heavy (non-hydrogen) atoms. The minimum Gasteiger partial charge on any atom is -0.155 e. The second kappa shape index (κ2) is 3.15. The number of fused-ring (bicyclic) bond motifs is 5. The van der Waals surface area contributed by atoms with E-state index in [4.69, 9.17) is 0 Å². The van der Waals surface area contributed by atoms with E-state index in [1.165, 1.54) is 24.1 Å². The summed E-state index contributed by atoms with van der Waals surface area (Å²) in [5.41, 5.74) is 4.55. The average molecular weight is 244 g/mol. The van der Waals surface area contributed by atoms with Crippen molar-refractivity contribution in [2.45, 2.75) is 71.1 Å². The zero-order chi connectivity index (χ0) is 13.3. The Bertz CT molecular complexity index is 510. The maximum absolute atomic E-state index is 4.63. The summed E-state index contributed by atoms with van der Waals surface area (Å²) >= 11 is 0. The van der Waals surface area contributed by atoms with Crippen LogP contribution in [-0.4, -0.2) is 10.2 Å². The first kappa shape index (κ1) is 12.1. The monoisotopic (exact) mass is 244 g/mol. The van der Waals surface area contributed by atoms with Crippen LogP contribution in [0.5, 0.6) is 0 Å². The van der Waals surface area contributed by atoms with Crippen molar-refractivity contribution >= 4 is 0 Å². The highest BCUT2D eigenvalue weighted by molar-refractivity contribution is 5.45. The Hall–Kier alpha value is -0.920. The van der Waals surface area contributed by atoms with Gasteiger partial charge in [0.25, 0.3) is 0 Å². The van der Waals surface area contributed by atoms with Gasteiger partial charge >= 0.3 is 0 Å². The Morgan fingerprint density at radius 2 is 1.83 bits per heavy atom. The highest BCUT2D eigenvalue weighted by atomic mass is 15.1. The van der Waals surface area contributed by atoms with Crippen LogP contribution in [0.1, 0.15) is 77.3 Å². The molecule has 0 radical (unpaired) electrons. The number of hydrogen-bond acceptors (Lipinski definition) is 2. The van der Waals surface area contributed by atoms with Crippen molar-refractivity contribution in [3.05, 3.63) is 23.0 Å². The van der Waals surface area contributed by atoms with Crippen molar-refractivity contribution in [2.24, 2.45) is 5.41 Å². The second-order valence-electron chi connectivity index (χ2n) is 7.93. The van der Waals surface area contributed by atoms with Gasteiger partial charge in [0, 0.05) is 10.8 Å². The molecule has 98 valence electrons. The number of rotatable bonds is 0. The van der Waals surface area contributed by atoms with Crippen LogP contribution in [0.4, 0.5) is 0 Å². The fraction of sp³-hybridized carbons (Fsp3) is 0.750. The second-order valence-corrected chi connectivity index (χ2v) is 7.93. The van der Waals surface area contributed by atoms with Gasteiger partial charge in [0.2, 0.25) is 0 Å². The number of aromatic nitrogens is 2. The lowest BCUT2D eigenvalue weighted by Crippen LogP contribution is -2.32. The lowest BCUT2D eigenvalue weighted by atomic mass is 9.70. The van der Waals surface area contributed by atoms with Crippen LogP contribution in [0.3, 0.4) is 0 Å². The zero-order valence-electron chi connectivity index (χ0n) is 12.5. The van der Waals surface area contributed by atoms with Crippen molar-refractivity contribution in [1.29, 1.82) is 0 Å². The van der Waals surface area contributed by atoms with Crippen molar-refractivity contribution in [3.63, 3.8) is 0 Å². The number of hydrogen-bond donors (Lipinski definition) is 0. The normalized spacial score (nSPS) is 32.7. The van der Waals surface area contributed by atoms with Gasteiger partial charge in [0.15, 0.2) is 0 Å². The minimum atomic E-state index is 0.0922. The third-order valence-corrected chi connectivity index (χ3v) is 5.72. The quantitative estimate of drug-likeness (QED) is 0.690. The number of nitrogens with zero attached hydrogens (tertiary/aromatic N) is 2. The summed E-state index contributed by atoms with van der Waals surface area (Å²) in [6.07, 6.45) is 2.58. The highest BCUT2D eigenvalue weighted by Crippen LogP contribution is 2.67. The van der Waals surface area contributed by atoms with Crippen molar-refractivity contribution in [2.75, 3.05) is 0 Å². The van der Waals surface area contributed by atoms with E-state index in [-0.39, 0.29) is 10.8 Å². The summed E-state index contributed by atoms with van der Waals surface area (Å²) in [6, 6.07) is 2.33. The average Bonchev–Trinajstić information content (AvgIpc) is 2.58. The summed E-state index contributed by atoms with van der Waals surface area (Å²) in [6.45, 7) is 13.8. The largest absolute Gasteiger partial charge is 0.155 e. The molecule has 1 saturated carbocycles. The van der Waals surface area contributed by atoms with E-state index in [1.54, 1.807) is 0 Å². The molecule has 2 bridgehead atoms. The van der Waals surface area contributed by atoms with Crippen molar-refractivity contribution in [1.82, 2.24) is 10.2 Å². The molecule has 2 atom stereocenters. The molecule has 1 fully saturated rings. The Labute approximate surface area is 110 Å². The summed E-state index contributed by atoms with van der Waals surface area (Å²) in [4.78, 5) is 0. The molecule has 0 aromatic carbocycles. The first-order valence-electron chi connectivity index (χ1n) is 7.06. The Morgan fingerprint density at radius 3 is 2.44 bits per heavy atom. The highest BCUT2D eigenvalue weighted by Gasteiger charge is 2.60. The van der Waals surface area contributed by atoms with Gasteiger partial charge in [-0.3, -0.25) is 0 Å². The van der Waals surface area contributed by atoms with E-state index >= 15 is 0 Å². The van der Waals surface area contributed by atoms with Crippen molar-refractivity contribution in [3.8, 4) is 0 Å². The van der Waals surface area contributed by atoms with Crippen LogP contribution < -0.4 is 0 Å². The van der Waals surface area contributed by atoms with Gasteiger partial charge in [0.05, 0.1) is 11.4 Å². The van der Waals surface area contributed by atoms with Gasteiger partial charge in [-0.2, -0.15) is 10.2 Å². The Morgan fingerprint density at radius 1 is 1.17 bits per heavy atom. The van der Waals surface area contributed by atoms with Crippen LogP contribution in [0.2, 0.25) is 0 Å². The van der Waals surface area contributed by atoms with Crippen LogP contribution in [0.15, 0.2) is 6.07 Å². The fourth-order valence-electron chi connectivity index (χ4n) is 3.94. The molecule has 0 aliphatic heterocycles. The molecule has 2 aliphatic carbocycles. The third-order valence-electron chi connectivity index (χ3n) is 5.72. The SMILES string of the molecule is CC(C)(C)c1cc2c(nn1)[C@@]1(C)CC[C@H]2C1(C)C. The van der Waals surface area contributed by atoms with Gasteiger partial charge < -0.3 is 0 Å². The molecule has 1 aromatic heterocycles. The van der Waals surface area contributed by atoms with Gasteiger partial charge in [-0.05, 0) is 35.8 Å². The molecular formula is C16H24N2. The van der Waals surface area contributed by atoms with Crippen LogP contribution in [0.25, 0.3) is 0 Å². The van der Waals surface area contributed by atoms with E-state index < -0.39 is 0 Å². The predicted octanol–water partition coefficient (Wildman–Crippen LogP) is 3.95. The maximum Gasteiger partial charge on any atom is 0.0730 e. The minimum absolute atomic E-state index is 0.0922. The Kier molecular flexibility index (Phi) is 2.12. The molecule has 0 spiro atoms. The molecule has 2 aliphatic rings. The first-order chi connectivity index (χ1) is 8.18. The lowest BCUT2D eigenvalue weighted by molar-refractivity contribution is 0.226. The molecule has 0 N–H and O–H groups in total. The van der Waals surface area contributed by atoms with Gasteiger partial charge in [-0.15, -0.1) is 0 Å². The van der Waals surface area contributed by atoms with E-state index in [9.17, 15) is 0 Å². The summed E-state index contributed by atoms with van der Waals surface area (Å²) in [5.74, 6) is 0.675. The van der Waals surface area contributed by atoms with E-state index in [1.807, 2.05) is 0 Å². The molecule has 2 nitrogen and oxygen atoms in total. The van der Waals surface area contributed by atoms with Crippen molar-refractivity contribution < 1.29 is 0 Å². The van der Waals surface area contributed by atoms with E-state index in [2.05, 4.69) is 57.8 Å². The molecule has 0 saturated heterocycles. The Balaban J connectivity index is 2.19. The lowest BCUT2D eigenvalue weighted by Gasteiger charge is -2.34. The smallest absolute Gasteiger partial charge is 0.0730 e. The van der Waals surface area contributed by atoms with E-state index in [0.29, 0.717) is 11.3 Å². The summed E-state index contributed by atoms with van der Waals surface area (Å²) in [7, 11) is 0. The first-order valence-corrected chi connectivity index (χ1v) is 7.06. The third kappa shape index (κ3) is 1.24. The standard InChI is InChI=1S/C16H24N2/c1-14(2,3)12-9-10-11-7-8-16(6,15(11,4)5)13(10)18-17-12/h9,11H,7-8H2,1-6H3/t11-,16-/m1/s1. The fourth-order valence-corrected chi connectivity index (χ4v) is 3.94.